The van der Waals surface area contributed by atoms with Crippen LogP contribution in [0.25, 0.3) is 0 Å². The second-order valence-electron chi connectivity index (χ2n) is 7.30. The zero-order valence-electron chi connectivity index (χ0n) is 15.8. The largest absolute Gasteiger partial charge is 0.395 e. The molecule has 6 heteroatoms. The van der Waals surface area contributed by atoms with Crippen molar-refractivity contribution in [2.75, 3.05) is 26.3 Å². The van der Waals surface area contributed by atoms with Crippen molar-refractivity contribution < 1.29 is 23.7 Å². The number of likely N-dealkylation sites (tertiary alicyclic amines) is 1. The lowest BCUT2D eigenvalue weighted by Crippen LogP contribution is -2.46. The number of hydrogen-bond donors (Lipinski definition) is 2. The van der Waals surface area contributed by atoms with Gasteiger partial charge in [0.2, 0.25) is 0 Å². The van der Waals surface area contributed by atoms with Crippen molar-refractivity contribution in [1.82, 2.24) is 4.90 Å². The van der Waals surface area contributed by atoms with Gasteiger partial charge in [-0.25, -0.2) is 8.78 Å². The summed E-state index contributed by atoms with van der Waals surface area (Å²) in [5.74, 6) is -0.691. The zero-order valence-corrected chi connectivity index (χ0v) is 15.8. The van der Waals surface area contributed by atoms with Crippen LogP contribution in [0, 0.1) is 11.6 Å². The minimum absolute atomic E-state index is 0.0772. The van der Waals surface area contributed by atoms with Crippen LogP contribution in [-0.4, -0.2) is 53.6 Å². The second-order valence-corrected chi connectivity index (χ2v) is 7.30. The highest BCUT2D eigenvalue weighted by Crippen LogP contribution is 2.27. The van der Waals surface area contributed by atoms with Gasteiger partial charge in [-0.05, 0) is 54.8 Å². The van der Waals surface area contributed by atoms with Crippen LogP contribution in [0.1, 0.15) is 36.5 Å². The summed E-state index contributed by atoms with van der Waals surface area (Å²) in [7, 11) is 0. The molecule has 4 nitrogen and oxygen atoms in total. The van der Waals surface area contributed by atoms with E-state index in [1.807, 2.05) is 0 Å². The number of ether oxygens (including phenoxy) is 1. The molecule has 2 N–H and O–H groups in total. The third-order valence-electron chi connectivity index (χ3n) is 5.21. The van der Waals surface area contributed by atoms with Crippen LogP contribution in [0.3, 0.4) is 0 Å². The average molecular weight is 391 g/mol. The molecule has 1 fully saturated rings. The fourth-order valence-electron chi connectivity index (χ4n) is 3.70. The molecular formula is C22H27F2NO3. The SMILES string of the molecule is OC[C@@H]1CCCCN1C[C@H](O)COC(c1ccc(F)cc1)c1ccc(F)cc1. The van der Waals surface area contributed by atoms with Crippen molar-refractivity contribution in [3.05, 3.63) is 71.3 Å². The van der Waals surface area contributed by atoms with Gasteiger partial charge in [-0.15, -0.1) is 0 Å². The van der Waals surface area contributed by atoms with E-state index in [1.165, 1.54) is 24.3 Å². The minimum Gasteiger partial charge on any atom is -0.395 e. The van der Waals surface area contributed by atoms with Crippen LogP contribution in [0.15, 0.2) is 48.5 Å². The number of piperidine rings is 1. The number of nitrogens with zero attached hydrogens (tertiary/aromatic N) is 1. The Labute approximate surface area is 164 Å². The summed E-state index contributed by atoms with van der Waals surface area (Å²) in [5, 5.41) is 20.0. The summed E-state index contributed by atoms with van der Waals surface area (Å²) in [4.78, 5) is 2.10. The third kappa shape index (κ3) is 5.58. The highest BCUT2D eigenvalue weighted by atomic mass is 19.1. The van der Waals surface area contributed by atoms with E-state index in [-0.39, 0.29) is 30.9 Å². The fraction of sp³-hybridized carbons (Fsp3) is 0.455. The number of aliphatic hydroxyl groups excluding tert-OH is 2. The van der Waals surface area contributed by atoms with Crippen LogP contribution in [0.5, 0.6) is 0 Å². The van der Waals surface area contributed by atoms with Crippen LogP contribution in [0.2, 0.25) is 0 Å². The molecule has 1 aliphatic heterocycles. The van der Waals surface area contributed by atoms with Gasteiger partial charge in [-0.1, -0.05) is 30.7 Å². The van der Waals surface area contributed by atoms with Crippen LogP contribution in [0.4, 0.5) is 8.78 Å². The quantitative estimate of drug-likeness (QED) is 0.725. The first-order valence-corrected chi connectivity index (χ1v) is 9.72. The van der Waals surface area contributed by atoms with E-state index in [9.17, 15) is 19.0 Å². The monoisotopic (exact) mass is 391 g/mol. The van der Waals surface area contributed by atoms with Crippen molar-refractivity contribution in [3.8, 4) is 0 Å². The Hall–Kier alpha value is -1.86. The standard InChI is InChI=1S/C22H27F2NO3/c23-18-8-4-16(5-9-18)22(17-6-10-19(24)11-7-17)28-15-21(27)13-25-12-2-1-3-20(25)14-26/h4-11,20-22,26-27H,1-3,12-15H2/t20-,21-/m0/s1. The molecule has 2 aromatic rings. The van der Waals surface area contributed by atoms with Crippen LogP contribution >= 0.6 is 0 Å². The summed E-state index contributed by atoms with van der Waals surface area (Å²) < 4.78 is 32.6. The fourth-order valence-corrected chi connectivity index (χ4v) is 3.70. The molecule has 0 amide bonds. The molecule has 1 heterocycles. The molecule has 2 atom stereocenters. The molecular weight excluding hydrogens is 364 g/mol. The molecule has 3 rings (SSSR count). The molecule has 0 aliphatic carbocycles. The van der Waals surface area contributed by atoms with E-state index in [1.54, 1.807) is 24.3 Å². The number of halogens is 2. The van der Waals surface area contributed by atoms with Gasteiger partial charge in [0.1, 0.15) is 17.7 Å². The van der Waals surface area contributed by atoms with Gasteiger partial charge in [-0.3, -0.25) is 4.90 Å². The van der Waals surface area contributed by atoms with Gasteiger partial charge in [-0.2, -0.15) is 0 Å². The van der Waals surface area contributed by atoms with Crippen molar-refractivity contribution >= 4 is 0 Å². The number of β-amino-alcohol motifs (C(OH)–C–C–N with tert-alkyl or cyclic N) is 1. The Kier molecular flexibility index (Phi) is 7.50. The maximum absolute atomic E-state index is 13.3. The predicted molar refractivity (Wildman–Crippen MR) is 103 cm³/mol. The van der Waals surface area contributed by atoms with Gasteiger partial charge >= 0.3 is 0 Å². The van der Waals surface area contributed by atoms with Gasteiger partial charge in [0, 0.05) is 12.6 Å². The summed E-state index contributed by atoms with van der Waals surface area (Å²) in [6.45, 7) is 1.43. The summed E-state index contributed by atoms with van der Waals surface area (Å²) in [5.41, 5.74) is 1.46. The topological polar surface area (TPSA) is 52.9 Å². The molecule has 1 aliphatic rings. The molecule has 2 aromatic carbocycles. The zero-order chi connectivity index (χ0) is 19.9. The Bertz CT molecular complexity index is 678. The van der Waals surface area contributed by atoms with Crippen molar-refractivity contribution in [1.29, 1.82) is 0 Å². The number of benzene rings is 2. The van der Waals surface area contributed by atoms with Crippen molar-refractivity contribution in [2.45, 2.75) is 37.5 Å². The maximum Gasteiger partial charge on any atom is 0.123 e. The van der Waals surface area contributed by atoms with E-state index < -0.39 is 12.2 Å². The number of rotatable bonds is 8. The normalized spacial score (nSPS) is 19.1. The lowest BCUT2D eigenvalue weighted by molar-refractivity contribution is -0.0237. The molecule has 0 unspecified atom stereocenters. The Morgan fingerprint density at radius 2 is 1.54 bits per heavy atom. The van der Waals surface area contributed by atoms with Gasteiger partial charge < -0.3 is 14.9 Å². The summed E-state index contributed by atoms with van der Waals surface area (Å²) in [6, 6.07) is 12.0. The Morgan fingerprint density at radius 3 is 2.07 bits per heavy atom. The van der Waals surface area contributed by atoms with E-state index in [4.69, 9.17) is 4.74 Å². The smallest absolute Gasteiger partial charge is 0.123 e. The molecule has 0 spiro atoms. The molecule has 152 valence electrons. The van der Waals surface area contributed by atoms with Gasteiger partial charge in [0.05, 0.1) is 19.3 Å². The van der Waals surface area contributed by atoms with Crippen LogP contribution in [-0.2, 0) is 4.74 Å². The summed E-state index contributed by atoms with van der Waals surface area (Å²) in [6.07, 6.45) is 1.81. The molecule has 0 saturated carbocycles. The first-order chi connectivity index (χ1) is 13.6. The van der Waals surface area contributed by atoms with Gasteiger partial charge in [0.25, 0.3) is 0 Å². The van der Waals surface area contributed by atoms with Gasteiger partial charge in [0.15, 0.2) is 0 Å². The first kappa shape index (κ1) is 20.9. The summed E-state index contributed by atoms with van der Waals surface area (Å²) >= 11 is 0. The number of aliphatic hydroxyl groups is 2. The predicted octanol–water partition coefficient (Wildman–Crippen LogP) is 3.28. The van der Waals surface area contributed by atoms with E-state index >= 15 is 0 Å². The molecule has 1 saturated heterocycles. The van der Waals surface area contributed by atoms with E-state index in [2.05, 4.69) is 4.90 Å². The highest BCUT2D eigenvalue weighted by Gasteiger charge is 2.24. The molecule has 28 heavy (non-hydrogen) atoms. The molecule has 0 aromatic heterocycles. The lowest BCUT2D eigenvalue weighted by atomic mass is 10.0. The number of hydrogen-bond acceptors (Lipinski definition) is 4. The molecule has 0 bridgehead atoms. The Morgan fingerprint density at radius 1 is 0.964 bits per heavy atom. The van der Waals surface area contributed by atoms with E-state index in [0.717, 1.165) is 36.9 Å². The maximum atomic E-state index is 13.3. The second kappa shape index (κ2) is 10.1. The molecule has 0 radical (unpaired) electrons. The average Bonchev–Trinajstić information content (AvgIpc) is 2.71. The van der Waals surface area contributed by atoms with Crippen molar-refractivity contribution in [2.24, 2.45) is 0 Å². The minimum atomic E-state index is -0.726. The highest BCUT2D eigenvalue weighted by molar-refractivity contribution is 5.30. The van der Waals surface area contributed by atoms with Crippen LogP contribution < -0.4 is 0 Å². The third-order valence-corrected chi connectivity index (χ3v) is 5.21. The first-order valence-electron chi connectivity index (χ1n) is 9.72. The van der Waals surface area contributed by atoms with E-state index in [0.29, 0.717) is 6.54 Å². The lowest BCUT2D eigenvalue weighted by Gasteiger charge is -2.36. The van der Waals surface area contributed by atoms with Crippen molar-refractivity contribution in [3.63, 3.8) is 0 Å². The Balaban J connectivity index is 1.67.